The number of aliphatic hydroxyl groups excluding tert-OH is 2. The van der Waals surface area contributed by atoms with E-state index in [1.807, 2.05) is 20.8 Å². The number of hydrogen-bond acceptors (Lipinski definition) is 14. The second-order valence-electron chi connectivity index (χ2n) is 14.1. The predicted molar refractivity (Wildman–Crippen MR) is 173 cm³/mol. The molecule has 3 N–H and O–H groups in total. The molecule has 4 heterocycles. The van der Waals surface area contributed by atoms with Crippen LogP contribution in [0, 0.1) is 17.8 Å². The molecule has 14 heteroatoms. The number of methoxy groups -OCH3 is 3. The van der Waals surface area contributed by atoms with Crippen molar-refractivity contribution in [2.24, 2.45) is 17.8 Å². The monoisotopic (exact) mass is 700 g/mol. The molecular formula is C35H56O14. The zero-order valence-corrected chi connectivity index (χ0v) is 30.0. The molecule has 4 aliphatic heterocycles. The van der Waals surface area contributed by atoms with E-state index < -0.39 is 109 Å². The van der Waals surface area contributed by atoms with Crippen LogP contribution < -0.4 is 0 Å². The third-order valence-electron chi connectivity index (χ3n) is 10.1. The van der Waals surface area contributed by atoms with Crippen molar-refractivity contribution in [3.8, 4) is 0 Å². The number of esters is 1. The Morgan fingerprint density at radius 2 is 1.53 bits per heavy atom. The lowest BCUT2D eigenvalue weighted by atomic mass is 9.82. The summed E-state index contributed by atoms with van der Waals surface area (Å²) >= 11 is 0. The van der Waals surface area contributed by atoms with E-state index in [4.69, 9.17) is 42.6 Å². The number of cyclic esters (lactones) is 1. The van der Waals surface area contributed by atoms with E-state index in [0.717, 1.165) is 0 Å². The summed E-state index contributed by atoms with van der Waals surface area (Å²) in [7, 11) is 4.46. The van der Waals surface area contributed by atoms with E-state index in [-0.39, 0.29) is 19.1 Å². The van der Waals surface area contributed by atoms with Gasteiger partial charge in [0.1, 0.15) is 42.2 Å². The van der Waals surface area contributed by atoms with Crippen LogP contribution in [0.25, 0.3) is 0 Å². The summed E-state index contributed by atoms with van der Waals surface area (Å²) in [5.74, 6) is -2.45. The molecule has 0 aromatic heterocycles. The Hall–Kier alpha value is -1.82. The number of hydrogen-bond donors (Lipinski definition) is 3. The minimum atomic E-state index is -1.75. The van der Waals surface area contributed by atoms with Gasteiger partial charge in [-0.3, -0.25) is 4.79 Å². The van der Waals surface area contributed by atoms with Crippen LogP contribution in [0.1, 0.15) is 54.4 Å². The first-order chi connectivity index (χ1) is 23.1. The number of carbonyl (C=O) groups is 2. The van der Waals surface area contributed by atoms with Crippen LogP contribution in [0.5, 0.6) is 0 Å². The van der Waals surface area contributed by atoms with Crippen molar-refractivity contribution in [1.29, 1.82) is 0 Å². The molecule has 280 valence electrons. The first-order valence-corrected chi connectivity index (χ1v) is 17.1. The van der Waals surface area contributed by atoms with Gasteiger partial charge in [-0.1, -0.05) is 19.9 Å². The first kappa shape index (κ1) is 40.0. The molecule has 3 fully saturated rings. The average Bonchev–Trinajstić information content (AvgIpc) is 3.82. The van der Waals surface area contributed by atoms with Gasteiger partial charge in [0, 0.05) is 45.7 Å². The summed E-state index contributed by atoms with van der Waals surface area (Å²) in [4.78, 5) is 26.5. The van der Waals surface area contributed by atoms with Crippen molar-refractivity contribution in [2.75, 3.05) is 27.9 Å². The van der Waals surface area contributed by atoms with Crippen LogP contribution >= 0.6 is 0 Å². The van der Waals surface area contributed by atoms with Crippen LogP contribution in [0.4, 0.5) is 0 Å². The Morgan fingerprint density at radius 3 is 2.18 bits per heavy atom. The molecule has 0 bridgehead atoms. The average molecular weight is 701 g/mol. The number of ketones is 1. The van der Waals surface area contributed by atoms with Crippen LogP contribution in [-0.4, -0.2) is 140 Å². The zero-order valence-electron chi connectivity index (χ0n) is 30.0. The van der Waals surface area contributed by atoms with E-state index in [2.05, 4.69) is 0 Å². The molecular weight excluding hydrogens is 644 g/mol. The maximum absolute atomic E-state index is 13.3. The molecule has 14 nitrogen and oxygen atoms in total. The Balaban J connectivity index is 1.56. The van der Waals surface area contributed by atoms with E-state index >= 15 is 0 Å². The topological polar surface area (TPSA) is 181 Å². The molecule has 3 saturated heterocycles. The van der Waals surface area contributed by atoms with E-state index in [1.54, 1.807) is 26.0 Å². The summed E-state index contributed by atoms with van der Waals surface area (Å²) in [5, 5.41) is 32.8. The lowest BCUT2D eigenvalue weighted by Gasteiger charge is -2.42. The largest absolute Gasteiger partial charge is 0.459 e. The number of fused-ring (bicyclic) bond motifs is 1. The smallest absolute Gasteiger partial charge is 0.330 e. The Morgan fingerprint density at radius 1 is 0.837 bits per heavy atom. The van der Waals surface area contributed by atoms with Crippen molar-refractivity contribution >= 4 is 11.8 Å². The van der Waals surface area contributed by atoms with Gasteiger partial charge in [-0.25, -0.2) is 4.79 Å². The minimum Gasteiger partial charge on any atom is -0.459 e. The molecule has 4 aliphatic rings. The quantitative estimate of drug-likeness (QED) is 0.245. The van der Waals surface area contributed by atoms with Gasteiger partial charge in [0.05, 0.1) is 37.1 Å². The normalized spacial score (nSPS) is 48.3. The van der Waals surface area contributed by atoms with Crippen LogP contribution in [-0.2, 0) is 52.2 Å². The fraction of sp³-hybridized carbons (Fsp3) is 0.829. The molecule has 4 rings (SSSR count). The van der Waals surface area contributed by atoms with Gasteiger partial charge in [0.15, 0.2) is 18.4 Å². The van der Waals surface area contributed by atoms with Crippen molar-refractivity contribution in [3.63, 3.8) is 0 Å². The van der Waals surface area contributed by atoms with Crippen molar-refractivity contribution in [1.82, 2.24) is 0 Å². The van der Waals surface area contributed by atoms with E-state index in [1.165, 1.54) is 40.4 Å². The SMILES string of the molecule is COC1[C@H](OC[C@H]2[C@@H]3O[C@@H]3/C=C/C(=O)[C@@](C)(O)C[C@H](C)[C@H](O[C@@H]3OC(C)C[C@@H](OC)C3O)[C@@H](C)/C=C/C(=O)O[C@@H]2C)OC(C)[C@@H](O)[C@@H]1OC. The third-order valence-corrected chi connectivity index (χ3v) is 10.1. The molecule has 0 aliphatic carbocycles. The third kappa shape index (κ3) is 9.74. The lowest BCUT2D eigenvalue weighted by Crippen LogP contribution is -2.59. The Kier molecular flexibility index (Phi) is 14.0. The zero-order chi connectivity index (χ0) is 36.2. The molecule has 0 amide bonds. The van der Waals surface area contributed by atoms with Crippen LogP contribution in [0.2, 0.25) is 0 Å². The van der Waals surface area contributed by atoms with Crippen molar-refractivity contribution in [3.05, 3.63) is 24.3 Å². The molecule has 0 aromatic carbocycles. The predicted octanol–water partition coefficient (Wildman–Crippen LogP) is 1.46. The van der Waals surface area contributed by atoms with Gasteiger partial charge in [-0.15, -0.1) is 0 Å². The summed E-state index contributed by atoms with van der Waals surface area (Å²) in [5.41, 5.74) is -1.75. The van der Waals surface area contributed by atoms with Gasteiger partial charge < -0.3 is 58.0 Å². The molecule has 0 radical (unpaired) electrons. The van der Waals surface area contributed by atoms with Gasteiger partial charge in [-0.2, -0.15) is 0 Å². The first-order valence-electron chi connectivity index (χ1n) is 17.1. The minimum absolute atomic E-state index is 0.0234. The van der Waals surface area contributed by atoms with Crippen LogP contribution in [0.3, 0.4) is 0 Å². The molecule has 17 atom stereocenters. The van der Waals surface area contributed by atoms with Gasteiger partial charge in [-0.05, 0) is 52.2 Å². The number of epoxide rings is 1. The molecule has 49 heavy (non-hydrogen) atoms. The number of rotatable bonds is 8. The van der Waals surface area contributed by atoms with Gasteiger partial charge >= 0.3 is 5.97 Å². The number of carbonyl (C=O) groups excluding carboxylic acids is 2. The maximum Gasteiger partial charge on any atom is 0.330 e. The second kappa shape index (κ2) is 17.1. The number of ether oxygens (including phenoxy) is 9. The maximum atomic E-state index is 13.3. The highest BCUT2D eigenvalue weighted by molar-refractivity contribution is 5.96. The Labute approximate surface area is 288 Å². The van der Waals surface area contributed by atoms with Crippen molar-refractivity contribution < 1.29 is 67.5 Å². The molecule has 0 saturated carbocycles. The highest BCUT2D eigenvalue weighted by Gasteiger charge is 2.50. The molecule has 0 spiro atoms. The van der Waals surface area contributed by atoms with Crippen LogP contribution in [0.15, 0.2) is 24.3 Å². The van der Waals surface area contributed by atoms with Crippen molar-refractivity contribution in [2.45, 2.75) is 140 Å². The second-order valence-corrected chi connectivity index (χ2v) is 14.1. The van der Waals surface area contributed by atoms with E-state index in [0.29, 0.717) is 6.42 Å². The van der Waals surface area contributed by atoms with Gasteiger partial charge in [0.25, 0.3) is 0 Å². The Bertz CT molecular complexity index is 1160. The molecule has 4 unspecified atom stereocenters. The summed E-state index contributed by atoms with van der Waals surface area (Å²) in [6.07, 6.45) is -2.67. The van der Waals surface area contributed by atoms with E-state index in [9.17, 15) is 24.9 Å². The van der Waals surface area contributed by atoms with Gasteiger partial charge in [0.2, 0.25) is 0 Å². The highest BCUT2D eigenvalue weighted by Crippen LogP contribution is 2.37. The fourth-order valence-corrected chi connectivity index (χ4v) is 7.12. The highest BCUT2D eigenvalue weighted by atomic mass is 16.7. The summed E-state index contributed by atoms with van der Waals surface area (Å²) in [6.45, 7) is 10.4. The standard InChI is InChI=1S/C35H56O14/c1-17-10-13-26(37)46-20(4)22(16-44-34-32(43-9)31(42-8)27(38)21(5)47-34)30-23(48-30)11-12-25(36)35(6,40)15-18(2)29(17)49-33-28(39)24(41-7)14-19(3)45-33/h10-13,17-24,27-34,38-40H,14-16H2,1-9H3/b12-11+,13-10+/t17-,18-,19?,20+,21?,22+,23+,24+,27+,28?,29+,30-,31-,32?,33-,34+,35-/m0/s1. The fourth-order valence-electron chi connectivity index (χ4n) is 7.12. The lowest BCUT2D eigenvalue weighted by molar-refractivity contribution is -0.305. The summed E-state index contributed by atoms with van der Waals surface area (Å²) < 4.78 is 52.6. The molecule has 0 aromatic rings. The number of aliphatic hydroxyl groups is 3. The summed E-state index contributed by atoms with van der Waals surface area (Å²) in [6, 6.07) is 0.